The van der Waals surface area contributed by atoms with Crippen LogP contribution < -0.4 is 10.5 Å². The molecule has 1 atom stereocenters. The predicted molar refractivity (Wildman–Crippen MR) is 85.5 cm³/mol. The van der Waals surface area contributed by atoms with Gasteiger partial charge in [-0.05, 0) is 59.6 Å². The third-order valence-corrected chi connectivity index (χ3v) is 4.12. The average Bonchev–Trinajstić information content (AvgIpc) is 2.80. The van der Waals surface area contributed by atoms with Crippen LogP contribution in [0.25, 0.3) is 0 Å². The molecule has 0 aromatic heterocycles. The molecule has 1 unspecified atom stereocenters. The fourth-order valence-electron chi connectivity index (χ4n) is 2.19. The van der Waals surface area contributed by atoms with Crippen molar-refractivity contribution in [3.8, 4) is 5.75 Å². The largest absolute Gasteiger partial charge is 0.491 e. The van der Waals surface area contributed by atoms with Crippen molar-refractivity contribution in [3.05, 3.63) is 27.7 Å². The summed E-state index contributed by atoms with van der Waals surface area (Å²) in [5.74, 6) is 1.50. The zero-order valence-corrected chi connectivity index (χ0v) is 13.8. The minimum atomic E-state index is 0. The van der Waals surface area contributed by atoms with Crippen LogP contribution in [0.5, 0.6) is 5.75 Å². The van der Waals surface area contributed by atoms with E-state index in [1.54, 1.807) is 0 Å². The third-order valence-electron chi connectivity index (χ3n) is 3.26. The molecule has 1 heterocycles. The normalized spacial score (nSPS) is 19.2. The summed E-state index contributed by atoms with van der Waals surface area (Å²) < 4.78 is 6.64. The molecule has 2 N–H and O–H groups in total. The van der Waals surface area contributed by atoms with E-state index in [0.29, 0.717) is 17.5 Å². The molecule has 3 nitrogen and oxygen atoms in total. The Morgan fingerprint density at radius 2 is 2.26 bits per heavy atom. The number of nitrogens with two attached hydrogens (primary N) is 1. The van der Waals surface area contributed by atoms with Gasteiger partial charge in [-0.1, -0.05) is 11.6 Å². The maximum absolute atomic E-state index is 5.88. The summed E-state index contributed by atoms with van der Waals surface area (Å²) in [6, 6.07) is 5.57. The topological polar surface area (TPSA) is 38.5 Å². The van der Waals surface area contributed by atoms with Crippen LogP contribution in [-0.4, -0.2) is 37.7 Å². The molecule has 108 valence electrons. The van der Waals surface area contributed by atoms with E-state index in [1.165, 1.54) is 6.42 Å². The van der Waals surface area contributed by atoms with Gasteiger partial charge in [0, 0.05) is 18.1 Å². The van der Waals surface area contributed by atoms with Gasteiger partial charge in [-0.25, -0.2) is 0 Å². The molecule has 1 aromatic rings. The minimum Gasteiger partial charge on any atom is -0.491 e. The van der Waals surface area contributed by atoms with Crippen LogP contribution in [0.4, 0.5) is 0 Å². The molecule has 0 aliphatic carbocycles. The Morgan fingerprint density at radius 3 is 2.89 bits per heavy atom. The van der Waals surface area contributed by atoms with E-state index in [4.69, 9.17) is 22.1 Å². The lowest BCUT2D eigenvalue weighted by atomic mass is 10.1. The molecule has 1 saturated heterocycles. The molecule has 0 radical (unpaired) electrons. The van der Waals surface area contributed by atoms with Crippen molar-refractivity contribution in [1.82, 2.24) is 4.90 Å². The highest BCUT2D eigenvalue weighted by Crippen LogP contribution is 2.28. The number of benzene rings is 1. The fraction of sp³-hybridized carbons (Fsp3) is 0.538. The van der Waals surface area contributed by atoms with Crippen molar-refractivity contribution in [2.45, 2.75) is 6.42 Å². The van der Waals surface area contributed by atoms with Crippen molar-refractivity contribution in [2.75, 3.05) is 32.8 Å². The fourth-order valence-corrected chi connectivity index (χ4v) is 2.98. The van der Waals surface area contributed by atoms with Crippen LogP contribution in [0.15, 0.2) is 22.7 Å². The first kappa shape index (κ1) is 17.1. The summed E-state index contributed by atoms with van der Waals surface area (Å²) in [7, 11) is 0. The van der Waals surface area contributed by atoms with Gasteiger partial charge >= 0.3 is 0 Å². The van der Waals surface area contributed by atoms with Crippen LogP contribution in [0.2, 0.25) is 5.02 Å². The number of hydrogen-bond acceptors (Lipinski definition) is 3. The van der Waals surface area contributed by atoms with Gasteiger partial charge in [-0.3, -0.25) is 4.90 Å². The summed E-state index contributed by atoms with van der Waals surface area (Å²) in [4.78, 5) is 2.40. The first-order valence-corrected chi connectivity index (χ1v) is 7.36. The van der Waals surface area contributed by atoms with E-state index >= 15 is 0 Å². The molecule has 2 rings (SSSR count). The van der Waals surface area contributed by atoms with Crippen LogP contribution >= 0.6 is 39.9 Å². The quantitative estimate of drug-likeness (QED) is 0.866. The van der Waals surface area contributed by atoms with Gasteiger partial charge in [-0.2, -0.15) is 0 Å². The molecule has 1 fully saturated rings. The smallest absolute Gasteiger partial charge is 0.133 e. The molecular formula is C13H19BrCl2N2O. The standard InChI is InChI=1S/C13H18BrClN2O.ClH/c14-12-7-11(15)1-2-13(12)18-6-5-17-4-3-10(8-16)9-17;/h1-2,7,10H,3-6,8-9,16H2;1H. The third kappa shape index (κ3) is 5.12. The summed E-state index contributed by atoms with van der Waals surface area (Å²) in [6.07, 6.45) is 1.21. The number of nitrogens with zero attached hydrogens (tertiary/aromatic N) is 1. The molecule has 1 aromatic carbocycles. The van der Waals surface area contributed by atoms with Crippen molar-refractivity contribution < 1.29 is 4.74 Å². The van der Waals surface area contributed by atoms with Crippen molar-refractivity contribution in [1.29, 1.82) is 0 Å². The van der Waals surface area contributed by atoms with Gasteiger partial charge < -0.3 is 10.5 Å². The molecule has 6 heteroatoms. The zero-order valence-electron chi connectivity index (χ0n) is 10.6. The molecule has 1 aliphatic heterocycles. The van der Waals surface area contributed by atoms with E-state index in [9.17, 15) is 0 Å². The van der Waals surface area contributed by atoms with Crippen LogP contribution in [-0.2, 0) is 0 Å². The average molecular weight is 370 g/mol. The second kappa shape index (κ2) is 8.32. The molecule has 0 bridgehead atoms. The second-order valence-electron chi connectivity index (χ2n) is 4.61. The number of halogens is 3. The van der Waals surface area contributed by atoms with E-state index < -0.39 is 0 Å². The van der Waals surface area contributed by atoms with Gasteiger partial charge in [0.05, 0.1) is 4.47 Å². The Balaban J connectivity index is 0.00000180. The molecule has 19 heavy (non-hydrogen) atoms. The predicted octanol–water partition coefficient (Wildman–Crippen LogP) is 3.18. The van der Waals surface area contributed by atoms with Gasteiger partial charge in [0.15, 0.2) is 0 Å². The lowest BCUT2D eigenvalue weighted by Crippen LogP contribution is -2.27. The number of rotatable bonds is 5. The Bertz CT molecular complexity index is 406. The summed E-state index contributed by atoms with van der Waals surface area (Å²) in [5.41, 5.74) is 5.67. The number of ether oxygens (including phenoxy) is 1. The Morgan fingerprint density at radius 1 is 1.47 bits per heavy atom. The van der Waals surface area contributed by atoms with E-state index in [2.05, 4.69) is 20.8 Å². The maximum atomic E-state index is 5.88. The van der Waals surface area contributed by atoms with Gasteiger partial charge in [0.2, 0.25) is 0 Å². The Labute approximate surface area is 134 Å². The Hall–Kier alpha value is -0.0000000000000000555. The van der Waals surface area contributed by atoms with E-state index in [-0.39, 0.29) is 12.4 Å². The van der Waals surface area contributed by atoms with Gasteiger partial charge in [0.1, 0.15) is 12.4 Å². The van der Waals surface area contributed by atoms with Crippen molar-refractivity contribution in [2.24, 2.45) is 11.7 Å². The molecule has 0 saturated carbocycles. The first-order valence-electron chi connectivity index (χ1n) is 6.19. The second-order valence-corrected chi connectivity index (χ2v) is 5.90. The number of likely N-dealkylation sites (tertiary alicyclic amines) is 1. The Kier molecular flexibility index (Phi) is 7.47. The summed E-state index contributed by atoms with van der Waals surface area (Å²) >= 11 is 9.32. The highest BCUT2D eigenvalue weighted by atomic mass is 79.9. The van der Waals surface area contributed by atoms with Gasteiger partial charge in [0.25, 0.3) is 0 Å². The van der Waals surface area contributed by atoms with Crippen LogP contribution in [0, 0.1) is 5.92 Å². The highest BCUT2D eigenvalue weighted by Gasteiger charge is 2.20. The molecule has 1 aliphatic rings. The number of hydrogen-bond donors (Lipinski definition) is 1. The van der Waals surface area contributed by atoms with E-state index in [1.807, 2.05) is 18.2 Å². The van der Waals surface area contributed by atoms with E-state index in [0.717, 1.165) is 36.4 Å². The lowest BCUT2D eigenvalue weighted by Gasteiger charge is -2.16. The van der Waals surface area contributed by atoms with Crippen molar-refractivity contribution in [3.63, 3.8) is 0 Å². The van der Waals surface area contributed by atoms with Crippen molar-refractivity contribution >= 4 is 39.9 Å². The summed E-state index contributed by atoms with van der Waals surface area (Å²) in [5, 5.41) is 0.708. The zero-order chi connectivity index (χ0) is 13.0. The maximum Gasteiger partial charge on any atom is 0.133 e. The highest BCUT2D eigenvalue weighted by molar-refractivity contribution is 9.10. The summed E-state index contributed by atoms with van der Waals surface area (Å²) in [6.45, 7) is 4.66. The van der Waals surface area contributed by atoms with Gasteiger partial charge in [-0.15, -0.1) is 12.4 Å². The first-order chi connectivity index (χ1) is 8.69. The van der Waals surface area contributed by atoms with Crippen LogP contribution in [0.3, 0.4) is 0 Å². The SMILES string of the molecule is Cl.NCC1CCN(CCOc2ccc(Cl)cc2Br)C1. The molecular weight excluding hydrogens is 351 g/mol. The lowest BCUT2D eigenvalue weighted by molar-refractivity contribution is 0.232. The van der Waals surface area contributed by atoms with Crippen LogP contribution in [0.1, 0.15) is 6.42 Å². The molecule has 0 amide bonds. The monoisotopic (exact) mass is 368 g/mol. The molecule has 0 spiro atoms. The minimum absolute atomic E-state index is 0.